The number of anilines is 2. The molecule has 0 unspecified atom stereocenters. The molecule has 0 aliphatic carbocycles. The number of amides is 2. The summed E-state index contributed by atoms with van der Waals surface area (Å²) in [5.74, 6) is -0.289. The number of pyridine rings is 1. The van der Waals surface area contributed by atoms with Crippen LogP contribution in [0.25, 0.3) is 11.0 Å². The zero-order chi connectivity index (χ0) is 21.8. The Bertz CT molecular complexity index is 1170. The number of benzene rings is 1. The van der Waals surface area contributed by atoms with Crippen molar-refractivity contribution in [3.8, 4) is 0 Å². The van der Waals surface area contributed by atoms with Crippen LogP contribution < -0.4 is 10.2 Å². The molecule has 1 aromatic carbocycles. The Labute approximate surface area is 176 Å². The molecule has 0 radical (unpaired) electrons. The molecule has 2 amide bonds. The van der Waals surface area contributed by atoms with Crippen LogP contribution in [0, 0.1) is 6.92 Å². The predicted molar refractivity (Wildman–Crippen MR) is 118 cm³/mol. The molecule has 0 atom stereocenters. The minimum Gasteiger partial charge on any atom is -0.323 e. The van der Waals surface area contributed by atoms with Gasteiger partial charge in [-0.2, -0.15) is 5.10 Å². The highest BCUT2D eigenvalue weighted by Crippen LogP contribution is 2.34. The molecular formula is C23H27N5O2. The van der Waals surface area contributed by atoms with Crippen molar-refractivity contribution in [2.45, 2.75) is 53.0 Å². The number of para-hydroxylation sites is 2. The standard InChI is InChI=1S/C23H27N5O2/c1-13(2)17-11-15(20-14(3)26-28(21(20)25-17)23(4,5)6)22(30)27-12-19(29)24-16-9-7-8-10-18(16)27/h7-11,13H,12H2,1-6H3,(H,24,29). The smallest absolute Gasteiger partial charge is 0.259 e. The first-order chi connectivity index (χ1) is 14.1. The summed E-state index contributed by atoms with van der Waals surface area (Å²) in [4.78, 5) is 32.5. The molecule has 2 aromatic heterocycles. The zero-order valence-corrected chi connectivity index (χ0v) is 18.3. The van der Waals surface area contributed by atoms with E-state index < -0.39 is 0 Å². The van der Waals surface area contributed by atoms with Crippen molar-refractivity contribution in [3.63, 3.8) is 0 Å². The third-order valence-corrected chi connectivity index (χ3v) is 5.31. The summed E-state index contributed by atoms with van der Waals surface area (Å²) in [6.07, 6.45) is 0. The summed E-state index contributed by atoms with van der Waals surface area (Å²) < 4.78 is 1.89. The first-order valence-electron chi connectivity index (χ1n) is 10.2. The normalized spacial score (nSPS) is 14.2. The number of nitrogens with one attached hydrogen (secondary N) is 1. The quantitative estimate of drug-likeness (QED) is 0.692. The molecule has 3 aromatic rings. The second-order valence-corrected chi connectivity index (χ2v) is 9.07. The lowest BCUT2D eigenvalue weighted by Gasteiger charge is -2.29. The van der Waals surface area contributed by atoms with Gasteiger partial charge in [-0.05, 0) is 51.8 Å². The molecule has 7 nitrogen and oxygen atoms in total. The van der Waals surface area contributed by atoms with Crippen LogP contribution in [-0.4, -0.2) is 33.1 Å². The number of fused-ring (bicyclic) bond motifs is 2. The lowest BCUT2D eigenvalue weighted by Crippen LogP contribution is -2.42. The number of nitrogens with zero attached hydrogens (tertiary/aromatic N) is 4. The summed E-state index contributed by atoms with van der Waals surface area (Å²) >= 11 is 0. The van der Waals surface area contributed by atoms with Crippen LogP contribution >= 0.6 is 0 Å². The highest BCUT2D eigenvalue weighted by Gasteiger charge is 2.31. The largest absolute Gasteiger partial charge is 0.323 e. The summed E-state index contributed by atoms with van der Waals surface area (Å²) in [6.45, 7) is 12.2. The molecule has 0 spiro atoms. The van der Waals surface area contributed by atoms with E-state index in [0.29, 0.717) is 22.6 Å². The molecular weight excluding hydrogens is 378 g/mol. The fourth-order valence-electron chi connectivity index (χ4n) is 3.80. The van der Waals surface area contributed by atoms with E-state index in [0.717, 1.165) is 16.8 Å². The summed E-state index contributed by atoms with van der Waals surface area (Å²) in [5.41, 5.74) is 3.85. The van der Waals surface area contributed by atoms with E-state index in [1.807, 2.05) is 35.9 Å². The molecule has 1 aliphatic heterocycles. The number of carbonyl (C=O) groups is 2. The monoisotopic (exact) mass is 405 g/mol. The van der Waals surface area contributed by atoms with Crippen LogP contribution in [0.15, 0.2) is 30.3 Å². The minimum absolute atomic E-state index is 0.0247. The maximum Gasteiger partial charge on any atom is 0.259 e. The zero-order valence-electron chi connectivity index (χ0n) is 18.3. The van der Waals surface area contributed by atoms with E-state index >= 15 is 0 Å². The Morgan fingerprint density at radius 2 is 1.90 bits per heavy atom. The van der Waals surface area contributed by atoms with Crippen molar-refractivity contribution in [1.29, 1.82) is 0 Å². The fourth-order valence-corrected chi connectivity index (χ4v) is 3.80. The number of hydrogen-bond acceptors (Lipinski definition) is 4. The van der Waals surface area contributed by atoms with Crippen LogP contribution in [0.2, 0.25) is 0 Å². The van der Waals surface area contributed by atoms with Gasteiger partial charge in [0.15, 0.2) is 5.65 Å². The molecule has 7 heteroatoms. The molecule has 0 bridgehead atoms. The Kier molecular flexibility index (Phi) is 4.64. The maximum absolute atomic E-state index is 13.8. The van der Waals surface area contributed by atoms with Gasteiger partial charge in [-0.25, -0.2) is 9.67 Å². The predicted octanol–water partition coefficient (Wildman–Crippen LogP) is 4.22. The van der Waals surface area contributed by atoms with Gasteiger partial charge in [0.2, 0.25) is 5.91 Å². The molecule has 30 heavy (non-hydrogen) atoms. The van der Waals surface area contributed by atoms with E-state index in [4.69, 9.17) is 10.1 Å². The molecule has 0 saturated carbocycles. The van der Waals surface area contributed by atoms with Gasteiger partial charge in [-0.1, -0.05) is 26.0 Å². The second kappa shape index (κ2) is 6.93. The lowest BCUT2D eigenvalue weighted by molar-refractivity contribution is -0.115. The van der Waals surface area contributed by atoms with Gasteiger partial charge in [0.1, 0.15) is 6.54 Å². The molecule has 0 fully saturated rings. The van der Waals surface area contributed by atoms with E-state index in [1.54, 1.807) is 11.0 Å². The number of hydrogen-bond donors (Lipinski definition) is 1. The van der Waals surface area contributed by atoms with Crippen molar-refractivity contribution in [3.05, 3.63) is 47.3 Å². The van der Waals surface area contributed by atoms with E-state index in [-0.39, 0.29) is 29.8 Å². The SMILES string of the molecule is Cc1nn(C(C)(C)C)c2nc(C(C)C)cc(C(=O)N3CC(=O)Nc4ccccc43)c12. The molecule has 1 aliphatic rings. The maximum atomic E-state index is 13.8. The Morgan fingerprint density at radius 3 is 2.57 bits per heavy atom. The van der Waals surface area contributed by atoms with Gasteiger partial charge in [0.05, 0.1) is 33.6 Å². The van der Waals surface area contributed by atoms with Gasteiger partial charge in [-0.15, -0.1) is 0 Å². The molecule has 3 heterocycles. The second-order valence-electron chi connectivity index (χ2n) is 9.07. The van der Waals surface area contributed by atoms with Crippen molar-refractivity contribution in [1.82, 2.24) is 14.8 Å². The fraction of sp³-hybridized carbons (Fsp3) is 0.391. The average Bonchev–Trinajstić information content (AvgIpc) is 3.03. The average molecular weight is 406 g/mol. The Morgan fingerprint density at radius 1 is 1.20 bits per heavy atom. The van der Waals surface area contributed by atoms with Crippen molar-refractivity contribution < 1.29 is 9.59 Å². The molecule has 4 rings (SSSR count). The van der Waals surface area contributed by atoms with Gasteiger partial charge >= 0.3 is 0 Å². The van der Waals surface area contributed by atoms with Crippen molar-refractivity contribution in [2.24, 2.45) is 0 Å². The summed E-state index contributed by atoms with van der Waals surface area (Å²) in [5, 5.41) is 8.29. The van der Waals surface area contributed by atoms with Gasteiger partial charge in [0, 0.05) is 5.69 Å². The number of aromatic nitrogens is 3. The summed E-state index contributed by atoms with van der Waals surface area (Å²) in [7, 11) is 0. The van der Waals surface area contributed by atoms with E-state index in [1.165, 1.54) is 0 Å². The van der Waals surface area contributed by atoms with E-state index in [2.05, 4.69) is 39.9 Å². The Balaban J connectivity index is 1.96. The van der Waals surface area contributed by atoms with Crippen LogP contribution in [0.1, 0.15) is 62.3 Å². The highest BCUT2D eigenvalue weighted by atomic mass is 16.2. The summed E-state index contributed by atoms with van der Waals surface area (Å²) in [6, 6.07) is 9.20. The molecule has 1 N–H and O–H groups in total. The molecule has 156 valence electrons. The number of rotatable bonds is 2. The van der Waals surface area contributed by atoms with Gasteiger partial charge in [-0.3, -0.25) is 14.5 Å². The number of aryl methyl sites for hydroxylation is 1. The lowest BCUT2D eigenvalue weighted by atomic mass is 10.0. The molecule has 0 saturated heterocycles. The third kappa shape index (κ3) is 3.24. The topological polar surface area (TPSA) is 80.1 Å². The first kappa shape index (κ1) is 20.1. The Hall–Kier alpha value is -3.22. The number of carbonyl (C=O) groups excluding carboxylic acids is 2. The minimum atomic E-state index is -0.285. The first-order valence-corrected chi connectivity index (χ1v) is 10.2. The van der Waals surface area contributed by atoms with Crippen molar-refractivity contribution >= 4 is 34.2 Å². The van der Waals surface area contributed by atoms with Crippen LogP contribution in [0.3, 0.4) is 0 Å². The van der Waals surface area contributed by atoms with Crippen LogP contribution in [-0.2, 0) is 10.3 Å². The van der Waals surface area contributed by atoms with Crippen molar-refractivity contribution in [2.75, 3.05) is 16.8 Å². The van der Waals surface area contributed by atoms with Gasteiger partial charge < -0.3 is 5.32 Å². The van der Waals surface area contributed by atoms with Gasteiger partial charge in [0.25, 0.3) is 5.91 Å². The van der Waals surface area contributed by atoms with Crippen LogP contribution in [0.5, 0.6) is 0 Å². The third-order valence-electron chi connectivity index (χ3n) is 5.31. The highest BCUT2D eigenvalue weighted by molar-refractivity contribution is 6.19. The van der Waals surface area contributed by atoms with Crippen LogP contribution in [0.4, 0.5) is 11.4 Å². The van der Waals surface area contributed by atoms with E-state index in [9.17, 15) is 9.59 Å².